The molecule has 1 aliphatic heterocycles. The third-order valence-corrected chi connectivity index (χ3v) is 5.34. The number of benzene rings is 1. The summed E-state index contributed by atoms with van der Waals surface area (Å²) < 4.78 is 10.8. The minimum atomic E-state index is 0. The Morgan fingerprint density at radius 2 is 2.00 bits per heavy atom. The summed E-state index contributed by atoms with van der Waals surface area (Å²) in [6.07, 6.45) is 5.04. The van der Waals surface area contributed by atoms with Gasteiger partial charge in [0, 0.05) is 51.5 Å². The molecule has 0 radical (unpaired) electrons. The van der Waals surface area contributed by atoms with E-state index in [4.69, 9.17) is 14.1 Å². The van der Waals surface area contributed by atoms with Gasteiger partial charge in [0.05, 0.1) is 6.54 Å². The molecule has 1 aromatic carbocycles. The van der Waals surface area contributed by atoms with E-state index in [1.807, 2.05) is 12.1 Å². The van der Waals surface area contributed by atoms with Crippen molar-refractivity contribution in [2.24, 2.45) is 4.99 Å². The molecule has 1 aliphatic rings. The maximum absolute atomic E-state index is 5.65. The van der Waals surface area contributed by atoms with Crippen LogP contribution in [0.25, 0.3) is 11.5 Å². The summed E-state index contributed by atoms with van der Waals surface area (Å²) in [6, 6.07) is 8.63. The van der Waals surface area contributed by atoms with Gasteiger partial charge in [-0.25, -0.2) is 9.98 Å². The SMILES string of the molecule is CCNC(=NCc1coc(-c2ccc(C)cc2)n1)NC1CCN(CCCOC)CC1.I. The highest BCUT2D eigenvalue weighted by Gasteiger charge is 2.19. The molecule has 31 heavy (non-hydrogen) atoms. The lowest BCUT2D eigenvalue weighted by molar-refractivity contribution is 0.155. The van der Waals surface area contributed by atoms with E-state index >= 15 is 0 Å². The van der Waals surface area contributed by atoms with Gasteiger partial charge in [0.2, 0.25) is 5.89 Å². The van der Waals surface area contributed by atoms with Crippen LogP contribution >= 0.6 is 24.0 Å². The Labute approximate surface area is 203 Å². The van der Waals surface area contributed by atoms with Crippen molar-refractivity contribution in [3.8, 4) is 11.5 Å². The number of hydrogen-bond donors (Lipinski definition) is 2. The van der Waals surface area contributed by atoms with E-state index in [2.05, 4.69) is 46.5 Å². The van der Waals surface area contributed by atoms with E-state index in [0.29, 0.717) is 18.5 Å². The molecule has 0 saturated carbocycles. The summed E-state index contributed by atoms with van der Waals surface area (Å²) in [5.74, 6) is 1.48. The summed E-state index contributed by atoms with van der Waals surface area (Å²) in [5, 5.41) is 6.94. The van der Waals surface area contributed by atoms with Crippen molar-refractivity contribution in [1.29, 1.82) is 0 Å². The zero-order valence-electron chi connectivity index (χ0n) is 18.9. The number of ether oxygens (including phenoxy) is 1. The molecule has 0 amide bonds. The third-order valence-electron chi connectivity index (χ3n) is 5.34. The number of aromatic nitrogens is 1. The molecule has 1 aromatic heterocycles. The van der Waals surface area contributed by atoms with Crippen molar-refractivity contribution in [2.75, 3.05) is 39.9 Å². The number of aliphatic imine (C=N–C) groups is 1. The summed E-state index contributed by atoms with van der Waals surface area (Å²) in [5.41, 5.74) is 3.03. The normalized spacial score (nSPS) is 15.5. The van der Waals surface area contributed by atoms with Crippen LogP contribution in [0.5, 0.6) is 0 Å². The molecule has 3 rings (SSSR count). The summed E-state index contributed by atoms with van der Waals surface area (Å²) in [4.78, 5) is 11.8. The second-order valence-corrected chi connectivity index (χ2v) is 7.81. The van der Waals surface area contributed by atoms with Crippen molar-refractivity contribution in [2.45, 2.75) is 45.7 Å². The average molecular weight is 541 g/mol. The Hall–Kier alpha value is -1.65. The van der Waals surface area contributed by atoms with Crippen molar-refractivity contribution < 1.29 is 9.15 Å². The predicted molar refractivity (Wildman–Crippen MR) is 136 cm³/mol. The van der Waals surface area contributed by atoms with Gasteiger partial charge in [0.15, 0.2) is 5.96 Å². The fourth-order valence-corrected chi connectivity index (χ4v) is 3.62. The van der Waals surface area contributed by atoms with E-state index < -0.39 is 0 Å². The highest BCUT2D eigenvalue weighted by atomic mass is 127. The molecule has 2 aromatic rings. The number of rotatable bonds is 9. The van der Waals surface area contributed by atoms with E-state index in [1.165, 1.54) is 5.56 Å². The average Bonchev–Trinajstić information content (AvgIpc) is 3.23. The van der Waals surface area contributed by atoms with Crippen LogP contribution < -0.4 is 10.6 Å². The van der Waals surface area contributed by atoms with Crippen LogP contribution in [0.4, 0.5) is 0 Å². The van der Waals surface area contributed by atoms with Gasteiger partial charge < -0.3 is 24.7 Å². The van der Waals surface area contributed by atoms with Crippen molar-refractivity contribution in [3.05, 3.63) is 41.8 Å². The fourth-order valence-electron chi connectivity index (χ4n) is 3.62. The molecule has 0 bridgehead atoms. The number of likely N-dealkylation sites (tertiary alicyclic amines) is 1. The Bertz CT molecular complexity index is 786. The fraction of sp³-hybridized carbons (Fsp3) is 0.565. The zero-order valence-corrected chi connectivity index (χ0v) is 21.2. The second-order valence-electron chi connectivity index (χ2n) is 7.81. The number of halogens is 1. The number of aryl methyl sites for hydroxylation is 1. The number of nitrogens with one attached hydrogen (secondary N) is 2. The van der Waals surface area contributed by atoms with Gasteiger partial charge in [-0.1, -0.05) is 17.7 Å². The van der Waals surface area contributed by atoms with Gasteiger partial charge in [0.1, 0.15) is 12.0 Å². The number of hydrogen-bond acceptors (Lipinski definition) is 5. The Balaban J connectivity index is 0.00000341. The molecular formula is C23H36IN5O2. The molecule has 0 atom stereocenters. The van der Waals surface area contributed by atoms with E-state index in [-0.39, 0.29) is 24.0 Å². The smallest absolute Gasteiger partial charge is 0.226 e. The lowest BCUT2D eigenvalue weighted by Gasteiger charge is -2.33. The van der Waals surface area contributed by atoms with Crippen molar-refractivity contribution in [1.82, 2.24) is 20.5 Å². The monoisotopic (exact) mass is 541 g/mol. The van der Waals surface area contributed by atoms with Crippen LogP contribution in [0.3, 0.4) is 0 Å². The number of nitrogens with zero attached hydrogens (tertiary/aromatic N) is 3. The van der Waals surface area contributed by atoms with Crippen LogP contribution in [-0.2, 0) is 11.3 Å². The van der Waals surface area contributed by atoms with Gasteiger partial charge in [-0.15, -0.1) is 24.0 Å². The number of piperidine rings is 1. The number of oxazole rings is 1. The largest absolute Gasteiger partial charge is 0.444 e. The van der Waals surface area contributed by atoms with E-state index in [0.717, 1.165) is 69.3 Å². The lowest BCUT2D eigenvalue weighted by Crippen LogP contribution is -2.48. The highest BCUT2D eigenvalue weighted by molar-refractivity contribution is 14.0. The van der Waals surface area contributed by atoms with Gasteiger partial charge in [-0.3, -0.25) is 0 Å². The first kappa shape index (κ1) is 25.6. The maximum Gasteiger partial charge on any atom is 0.226 e. The first-order valence-corrected chi connectivity index (χ1v) is 11.0. The molecule has 0 aliphatic carbocycles. The molecule has 1 saturated heterocycles. The molecule has 7 nitrogen and oxygen atoms in total. The van der Waals surface area contributed by atoms with Gasteiger partial charge in [-0.05, 0) is 45.2 Å². The van der Waals surface area contributed by atoms with E-state index in [1.54, 1.807) is 13.4 Å². The molecule has 0 unspecified atom stereocenters. The summed E-state index contributed by atoms with van der Waals surface area (Å²) in [6.45, 7) is 9.65. The van der Waals surface area contributed by atoms with E-state index in [9.17, 15) is 0 Å². The summed E-state index contributed by atoms with van der Waals surface area (Å²) >= 11 is 0. The Morgan fingerprint density at radius 3 is 2.68 bits per heavy atom. The van der Waals surface area contributed by atoms with Gasteiger partial charge in [-0.2, -0.15) is 0 Å². The van der Waals surface area contributed by atoms with Crippen LogP contribution in [0, 0.1) is 6.92 Å². The molecule has 1 fully saturated rings. The Kier molecular flexibility index (Phi) is 11.3. The molecule has 0 spiro atoms. The highest BCUT2D eigenvalue weighted by Crippen LogP contribution is 2.19. The standard InChI is InChI=1S/C23H35N5O2.HI/c1-4-24-23(27-20-10-13-28(14-11-20)12-5-15-29-3)25-16-21-17-30-22(26-21)19-8-6-18(2)7-9-19;/h6-9,17,20H,4-5,10-16H2,1-3H3,(H2,24,25,27);1H. The van der Waals surface area contributed by atoms with Crippen LogP contribution in [0.1, 0.15) is 37.4 Å². The van der Waals surface area contributed by atoms with Crippen molar-refractivity contribution in [3.63, 3.8) is 0 Å². The molecule has 2 N–H and O–H groups in total. The number of guanidine groups is 1. The molecule has 2 heterocycles. The van der Waals surface area contributed by atoms with Crippen molar-refractivity contribution >= 4 is 29.9 Å². The molecular weight excluding hydrogens is 505 g/mol. The lowest BCUT2D eigenvalue weighted by atomic mass is 10.1. The van der Waals surface area contributed by atoms with Crippen LogP contribution in [0.15, 0.2) is 39.9 Å². The summed E-state index contributed by atoms with van der Waals surface area (Å²) in [7, 11) is 1.76. The first-order valence-electron chi connectivity index (χ1n) is 11.0. The number of methoxy groups -OCH3 is 1. The quantitative estimate of drug-likeness (QED) is 0.218. The molecule has 172 valence electrons. The van der Waals surface area contributed by atoms with Gasteiger partial charge >= 0.3 is 0 Å². The van der Waals surface area contributed by atoms with Crippen LogP contribution in [-0.4, -0.2) is 61.8 Å². The second kappa shape index (κ2) is 13.7. The minimum Gasteiger partial charge on any atom is -0.444 e. The topological polar surface area (TPSA) is 74.9 Å². The first-order chi connectivity index (χ1) is 14.7. The molecule has 8 heteroatoms. The minimum absolute atomic E-state index is 0. The van der Waals surface area contributed by atoms with Gasteiger partial charge in [0.25, 0.3) is 0 Å². The predicted octanol–water partition coefficient (Wildman–Crippen LogP) is 3.82. The Morgan fingerprint density at radius 1 is 1.26 bits per heavy atom. The van der Waals surface area contributed by atoms with Crippen LogP contribution in [0.2, 0.25) is 0 Å². The maximum atomic E-state index is 5.65. The zero-order chi connectivity index (χ0) is 21.2. The third kappa shape index (κ3) is 8.42.